The molecule has 0 bridgehead atoms. The van der Waals surface area contributed by atoms with E-state index in [1.165, 1.54) is 19.3 Å². The molecule has 0 saturated heterocycles. The van der Waals surface area contributed by atoms with E-state index >= 15 is 0 Å². The zero-order valence-electron chi connectivity index (χ0n) is 9.70. The molecule has 15 heavy (non-hydrogen) atoms. The van der Waals surface area contributed by atoms with Crippen molar-refractivity contribution in [3.8, 4) is 0 Å². The number of carbonyl (C=O) groups is 1. The monoisotopic (exact) mass is 208 g/mol. The second-order valence-electron chi connectivity index (χ2n) is 4.95. The summed E-state index contributed by atoms with van der Waals surface area (Å²) in [6.07, 6.45) is 6.65. The third kappa shape index (κ3) is 2.21. The molecule has 2 rings (SSSR count). The Balaban J connectivity index is 2.05. The molecule has 3 heteroatoms. The molecule has 0 N–H and O–H groups in total. The number of rotatable bonds is 2. The highest BCUT2D eigenvalue weighted by molar-refractivity contribution is 6.05. The van der Waals surface area contributed by atoms with Crippen LogP contribution in [0.3, 0.4) is 0 Å². The van der Waals surface area contributed by atoms with E-state index in [9.17, 15) is 4.79 Å². The summed E-state index contributed by atoms with van der Waals surface area (Å²) < 4.78 is 0. The molecule has 0 unspecified atom stereocenters. The maximum absolute atomic E-state index is 11.8. The Morgan fingerprint density at radius 1 is 1.27 bits per heavy atom. The molecule has 0 aromatic rings. The summed E-state index contributed by atoms with van der Waals surface area (Å²) >= 11 is 0. The molecule has 1 saturated carbocycles. The zero-order chi connectivity index (χ0) is 10.8. The minimum absolute atomic E-state index is 0.214. The summed E-state index contributed by atoms with van der Waals surface area (Å²) in [5, 5.41) is 6.26. The molecule has 0 spiro atoms. The second kappa shape index (κ2) is 4.33. The van der Waals surface area contributed by atoms with Crippen LogP contribution in [0.15, 0.2) is 5.10 Å². The van der Waals surface area contributed by atoms with Gasteiger partial charge in [0.25, 0.3) is 0 Å². The van der Waals surface area contributed by atoms with Crippen LogP contribution in [-0.4, -0.2) is 22.7 Å². The van der Waals surface area contributed by atoms with E-state index in [4.69, 9.17) is 0 Å². The van der Waals surface area contributed by atoms with Crippen LogP contribution >= 0.6 is 0 Å². The van der Waals surface area contributed by atoms with Crippen LogP contribution in [0.25, 0.3) is 0 Å². The van der Waals surface area contributed by atoms with Gasteiger partial charge in [-0.05, 0) is 18.8 Å². The number of amides is 1. The fraction of sp³-hybridized carbons (Fsp3) is 0.833. The van der Waals surface area contributed by atoms with Crippen molar-refractivity contribution >= 4 is 11.6 Å². The van der Waals surface area contributed by atoms with Gasteiger partial charge in [0.15, 0.2) is 0 Å². The molecule has 0 aromatic heterocycles. The third-order valence-corrected chi connectivity index (χ3v) is 3.41. The van der Waals surface area contributed by atoms with Crippen molar-refractivity contribution in [2.24, 2.45) is 11.0 Å². The smallest absolute Gasteiger partial charge is 0.248 e. The highest BCUT2D eigenvalue weighted by Gasteiger charge is 2.31. The molecule has 3 nitrogen and oxygen atoms in total. The summed E-state index contributed by atoms with van der Waals surface area (Å²) in [6.45, 7) is 4.22. The summed E-state index contributed by atoms with van der Waals surface area (Å²) in [5.41, 5.74) is 1.06. The molecule has 0 atom stereocenters. The van der Waals surface area contributed by atoms with E-state index in [1.54, 1.807) is 5.01 Å². The number of hydrazone groups is 1. The normalized spacial score (nSPS) is 23.8. The van der Waals surface area contributed by atoms with E-state index in [0.717, 1.165) is 18.6 Å². The van der Waals surface area contributed by atoms with Crippen molar-refractivity contribution in [1.82, 2.24) is 5.01 Å². The minimum Gasteiger partial charge on any atom is -0.273 e. The molecule has 1 aliphatic heterocycles. The van der Waals surface area contributed by atoms with Crippen LogP contribution in [0.2, 0.25) is 0 Å². The second-order valence-corrected chi connectivity index (χ2v) is 4.95. The highest BCUT2D eigenvalue weighted by atomic mass is 16.2. The maximum atomic E-state index is 11.8. The summed E-state index contributed by atoms with van der Waals surface area (Å²) in [4.78, 5) is 11.8. The van der Waals surface area contributed by atoms with Crippen LogP contribution in [0.1, 0.15) is 52.4 Å². The Kier molecular flexibility index (Phi) is 3.08. The molecule has 0 radical (unpaired) electrons. The molecular weight excluding hydrogens is 188 g/mol. The minimum atomic E-state index is 0.214. The van der Waals surface area contributed by atoms with Gasteiger partial charge in [0.05, 0.1) is 18.2 Å². The van der Waals surface area contributed by atoms with Crippen molar-refractivity contribution in [3.63, 3.8) is 0 Å². The first-order valence-electron chi connectivity index (χ1n) is 6.08. The van der Waals surface area contributed by atoms with Crippen molar-refractivity contribution in [1.29, 1.82) is 0 Å². The van der Waals surface area contributed by atoms with E-state index in [2.05, 4.69) is 18.9 Å². The Morgan fingerprint density at radius 3 is 2.47 bits per heavy atom. The van der Waals surface area contributed by atoms with Gasteiger partial charge in [0.1, 0.15) is 0 Å². The number of nitrogens with zero attached hydrogens (tertiary/aromatic N) is 2. The van der Waals surface area contributed by atoms with Gasteiger partial charge in [0.2, 0.25) is 5.91 Å². The quantitative estimate of drug-likeness (QED) is 0.686. The van der Waals surface area contributed by atoms with Crippen molar-refractivity contribution in [3.05, 3.63) is 0 Å². The third-order valence-electron chi connectivity index (χ3n) is 3.41. The van der Waals surface area contributed by atoms with Gasteiger partial charge in [-0.2, -0.15) is 5.10 Å². The van der Waals surface area contributed by atoms with E-state index in [0.29, 0.717) is 18.4 Å². The van der Waals surface area contributed by atoms with Gasteiger partial charge in [-0.3, -0.25) is 4.79 Å². The lowest BCUT2D eigenvalue weighted by Gasteiger charge is -2.27. The summed E-state index contributed by atoms with van der Waals surface area (Å²) in [6, 6.07) is 0.391. The molecule has 0 aromatic carbocycles. The zero-order valence-corrected chi connectivity index (χ0v) is 9.70. The lowest BCUT2D eigenvalue weighted by atomic mass is 9.95. The summed E-state index contributed by atoms with van der Waals surface area (Å²) in [7, 11) is 0. The number of hydrogen-bond acceptors (Lipinski definition) is 2. The van der Waals surface area contributed by atoms with Crippen molar-refractivity contribution in [2.45, 2.75) is 58.4 Å². The fourth-order valence-electron chi connectivity index (χ4n) is 2.40. The van der Waals surface area contributed by atoms with Gasteiger partial charge in [-0.15, -0.1) is 0 Å². The largest absolute Gasteiger partial charge is 0.273 e. The maximum Gasteiger partial charge on any atom is 0.248 e. The van der Waals surface area contributed by atoms with Crippen molar-refractivity contribution < 1.29 is 4.79 Å². The van der Waals surface area contributed by atoms with E-state index in [1.807, 2.05) is 0 Å². The fourth-order valence-corrected chi connectivity index (χ4v) is 2.40. The van der Waals surface area contributed by atoms with Crippen molar-refractivity contribution in [2.75, 3.05) is 0 Å². The highest BCUT2D eigenvalue weighted by Crippen LogP contribution is 2.26. The first kappa shape index (κ1) is 10.7. The first-order valence-corrected chi connectivity index (χ1v) is 6.08. The predicted octanol–water partition coefficient (Wildman–Crippen LogP) is 2.56. The van der Waals surface area contributed by atoms with E-state index in [-0.39, 0.29) is 5.91 Å². The standard InChI is InChI=1S/C12H20N2O/c1-9(2)11-8-12(15)14(13-11)10-6-4-3-5-7-10/h9-10H,3-8H2,1-2H3. The Hall–Kier alpha value is -0.860. The Labute approximate surface area is 91.5 Å². The topological polar surface area (TPSA) is 32.7 Å². The van der Waals surface area contributed by atoms with Gasteiger partial charge in [0, 0.05) is 0 Å². The average Bonchev–Trinajstić information content (AvgIpc) is 2.62. The molecule has 2 aliphatic rings. The Bertz CT molecular complexity index is 277. The van der Waals surface area contributed by atoms with Gasteiger partial charge in [-0.1, -0.05) is 33.1 Å². The van der Waals surface area contributed by atoms with Crippen LogP contribution < -0.4 is 0 Å². The Morgan fingerprint density at radius 2 is 1.93 bits per heavy atom. The molecule has 1 aliphatic carbocycles. The lowest BCUT2D eigenvalue weighted by molar-refractivity contribution is -0.131. The predicted molar refractivity (Wildman–Crippen MR) is 60.6 cm³/mol. The van der Waals surface area contributed by atoms with Crippen LogP contribution in [0.4, 0.5) is 0 Å². The number of hydrogen-bond donors (Lipinski definition) is 0. The molecular formula is C12H20N2O. The van der Waals surface area contributed by atoms with E-state index < -0.39 is 0 Å². The summed E-state index contributed by atoms with van der Waals surface area (Å²) in [5.74, 6) is 0.619. The van der Waals surface area contributed by atoms with Gasteiger partial charge >= 0.3 is 0 Å². The molecule has 1 heterocycles. The van der Waals surface area contributed by atoms with Crippen LogP contribution in [0.5, 0.6) is 0 Å². The SMILES string of the molecule is CC(C)C1=NN(C2CCCCC2)C(=O)C1. The number of carbonyl (C=O) groups excluding carboxylic acids is 1. The lowest BCUT2D eigenvalue weighted by Crippen LogP contribution is -2.34. The average molecular weight is 208 g/mol. The molecule has 1 amide bonds. The van der Waals surface area contributed by atoms with Crippen LogP contribution in [-0.2, 0) is 4.79 Å². The molecule has 84 valence electrons. The molecule has 1 fully saturated rings. The van der Waals surface area contributed by atoms with Crippen LogP contribution in [0, 0.1) is 5.92 Å². The first-order chi connectivity index (χ1) is 7.18. The van der Waals surface area contributed by atoms with Gasteiger partial charge in [-0.25, -0.2) is 5.01 Å². The van der Waals surface area contributed by atoms with Gasteiger partial charge < -0.3 is 0 Å².